The van der Waals surface area contributed by atoms with Crippen LogP contribution in [0.2, 0.25) is 0 Å². The normalized spacial score (nSPS) is 10.1. The zero-order chi connectivity index (χ0) is 14.8. The van der Waals surface area contributed by atoms with Crippen LogP contribution < -0.4 is 5.32 Å². The summed E-state index contributed by atoms with van der Waals surface area (Å²) in [6, 6.07) is 8.67. The number of urea groups is 1. The number of hydrogen-bond acceptors (Lipinski definition) is 2. The Balaban J connectivity index is 2.52. The van der Waals surface area contributed by atoms with E-state index in [4.69, 9.17) is 5.11 Å². The van der Waals surface area contributed by atoms with E-state index in [1.165, 1.54) is 4.90 Å². The van der Waals surface area contributed by atoms with Crippen LogP contribution in [0, 0.1) is 0 Å². The zero-order valence-electron chi connectivity index (χ0n) is 11.8. The molecule has 0 aliphatic carbocycles. The van der Waals surface area contributed by atoms with Gasteiger partial charge in [-0.05, 0) is 18.6 Å². The summed E-state index contributed by atoms with van der Waals surface area (Å²) < 4.78 is 0. The van der Waals surface area contributed by atoms with Gasteiger partial charge in [-0.1, -0.05) is 44.4 Å². The number of carbonyl (C=O) groups is 2. The summed E-state index contributed by atoms with van der Waals surface area (Å²) in [5.74, 6) is -0.997. The number of anilines is 1. The van der Waals surface area contributed by atoms with E-state index in [0.717, 1.165) is 25.7 Å². The smallest absolute Gasteiger partial charge is 0.323 e. The van der Waals surface area contributed by atoms with Crippen LogP contribution in [0.3, 0.4) is 0 Å². The minimum absolute atomic E-state index is 0.273. The van der Waals surface area contributed by atoms with E-state index in [1.54, 1.807) is 12.1 Å². The van der Waals surface area contributed by atoms with Crippen LogP contribution in [0.4, 0.5) is 10.5 Å². The molecule has 0 saturated heterocycles. The Morgan fingerprint density at radius 2 is 1.85 bits per heavy atom. The van der Waals surface area contributed by atoms with Crippen molar-refractivity contribution in [2.45, 2.75) is 32.6 Å². The van der Waals surface area contributed by atoms with Gasteiger partial charge in [0.1, 0.15) is 6.54 Å². The van der Waals surface area contributed by atoms with Crippen molar-refractivity contribution in [3.05, 3.63) is 30.3 Å². The first-order chi connectivity index (χ1) is 9.63. The fourth-order valence-corrected chi connectivity index (χ4v) is 1.87. The van der Waals surface area contributed by atoms with Gasteiger partial charge in [-0.15, -0.1) is 0 Å². The topological polar surface area (TPSA) is 69.6 Å². The second-order valence-corrected chi connectivity index (χ2v) is 4.67. The summed E-state index contributed by atoms with van der Waals surface area (Å²) >= 11 is 0. The molecule has 2 N–H and O–H groups in total. The maximum atomic E-state index is 12.1. The molecular formula is C15H22N2O3. The van der Waals surface area contributed by atoms with Crippen molar-refractivity contribution in [3.8, 4) is 0 Å². The zero-order valence-corrected chi connectivity index (χ0v) is 11.8. The third kappa shape index (κ3) is 6.22. The number of para-hydroxylation sites is 1. The number of rotatable bonds is 8. The molecule has 0 radical (unpaired) electrons. The third-order valence-corrected chi connectivity index (χ3v) is 2.92. The number of benzene rings is 1. The number of amides is 2. The van der Waals surface area contributed by atoms with Gasteiger partial charge >= 0.3 is 12.0 Å². The molecule has 0 atom stereocenters. The van der Waals surface area contributed by atoms with Crippen LogP contribution in [-0.2, 0) is 4.79 Å². The van der Waals surface area contributed by atoms with Crippen LogP contribution in [0.25, 0.3) is 0 Å². The number of nitrogens with zero attached hydrogens (tertiary/aromatic N) is 1. The van der Waals surface area contributed by atoms with Crippen LogP contribution in [0.5, 0.6) is 0 Å². The first-order valence-electron chi connectivity index (χ1n) is 6.96. The fraction of sp³-hybridized carbons (Fsp3) is 0.467. The van der Waals surface area contributed by atoms with E-state index >= 15 is 0 Å². The molecule has 0 aliphatic heterocycles. The predicted octanol–water partition coefficient (Wildman–Crippen LogP) is 3.19. The van der Waals surface area contributed by atoms with Crippen molar-refractivity contribution >= 4 is 17.7 Å². The Kier molecular flexibility index (Phi) is 7.17. The molecule has 5 nitrogen and oxygen atoms in total. The maximum Gasteiger partial charge on any atom is 0.323 e. The minimum atomic E-state index is -0.997. The molecule has 0 unspecified atom stereocenters. The van der Waals surface area contributed by atoms with Crippen molar-refractivity contribution in [3.63, 3.8) is 0 Å². The Hall–Kier alpha value is -2.04. The Labute approximate surface area is 119 Å². The number of hydrogen-bond donors (Lipinski definition) is 2. The summed E-state index contributed by atoms with van der Waals surface area (Å²) in [4.78, 5) is 24.2. The first-order valence-corrected chi connectivity index (χ1v) is 6.96. The molecular weight excluding hydrogens is 256 g/mol. The van der Waals surface area contributed by atoms with Crippen LogP contribution in [-0.4, -0.2) is 35.1 Å². The average molecular weight is 278 g/mol. The molecule has 1 rings (SSSR count). The van der Waals surface area contributed by atoms with Crippen LogP contribution in [0.15, 0.2) is 30.3 Å². The molecule has 2 amide bonds. The van der Waals surface area contributed by atoms with Gasteiger partial charge in [0.15, 0.2) is 0 Å². The Bertz CT molecular complexity index is 420. The SMILES string of the molecule is CCCCCCN(CC(=O)O)C(=O)Nc1ccccc1. The molecule has 0 bridgehead atoms. The highest BCUT2D eigenvalue weighted by Crippen LogP contribution is 2.08. The summed E-state index contributed by atoms with van der Waals surface area (Å²) in [7, 11) is 0. The van der Waals surface area contributed by atoms with Gasteiger partial charge in [-0.3, -0.25) is 4.79 Å². The lowest BCUT2D eigenvalue weighted by Crippen LogP contribution is -2.39. The lowest BCUT2D eigenvalue weighted by molar-refractivity contribution is -0.137. The number of carboxylic acid groups (broad SMARTS) is 1. The second-order valence-electron chi connectivity index (χ2n) is 4.67. The van der Waals surface area contributed by atoms with Gasteiger partial charge in [0, 0.05) is 12.2 Å². The van der Waals surface area contributed by atoms with Crippen LogP contribution in [0.1, 0.15) is 32.6 Å². The quantitative estimate of drug-likeness (QED) is 0.717. The maximum absolute atomic E-state index is 12.1. The second kappa shape index (κ2) is 8.96. The molecule has 20 heavy (non-hydrogen) atoms. The van der Waals surface area contributed by atoms with Gasteiger partial charge in [0.05, 0.1) is 0 Å². The standard InChI is InChI=1S/C15H22N2O3/c1-2-3-4-8-11-17(12-14(18)19)15(20)16-13-9-6-5-7-10-13/h5-7,9-10H,2-4,8,11-12H2,1H3,(H,16,20)(H,18,19). The van der Waals surface area contributed by atoms with Crippen molar-refractivity contribution in [1.29, 1.82) is 0 Å². The van der Waals surface area contributed by atoms with Crippen molar-refractivity contribution < 1.29 is 14.7 Å². The van der Waals surface area contributed by atoms with Crippen LogP contribution >= 0.6 is 0 Å². The lowest BCUT2D eigenvalue weighted by Gasteiger charge is -2.21. The molecule has 0 spiro atoms. The molecule has 110 valence electrons. The molecule has 1 aromatic rings. The van der Waals surface area contributed by atoms with E-state index in [0.29, 0.717) is 12.2 Å². The Morgan fingerprint density at radius 3 is 2.45 bits per heavy atom. The number of aliphatic carboxylic acids is 1. The first kappa shape index (κ1) is 16.0. The summed E-state index contributed by atoms with van der Waals surface area (Å²) in [5.41, 5.74) is 0.668. The Morgan fingerprint density at radius 1 is 1.15 bits per heavy atom. The largest absolute Gasteiger partial charge is 0.480 e. The average Bonchev–Trinajstić information content (AvgIpc) is 2.43. The highest BCUT2D eigenvalue weighted by molar-refractivity contribution is 5.91. The predicted molar refractivity (Wildman–Crippen MR) is 78.8 cm³/mol. The number of nitrogens with one attached hydrogen (secondary N) is 1. The number of carbonyl (C=O) groups excluding carboxylic acids is 1. The molecule has 5 heteroatoms. The van der Waals surface area contributed by atoms with E-state index in [2.05, 4.69) is 12.2 Å². The molecule has 0 aromatic heterocycles. The van der Waals surface area contributed by atoms with E-state index in [-0.39, 0.29) is 12.6 Å². The molecule has 0 heterocycles. The van der Waals surface area contributed by atoms with Gasteiger partial charge in [-0.2, -0.15) is 0 Å². The fourth-order valence-electron chi connectivity index (χ4n) is 1.87. The third-order valence-electron chi connectivity index (χ3n) is 2.92. The van der Waals surface area contributed by atoms with E-state index in [9.17, 15) is 9.59 Å². The lowest BCUT2D eigenvalue weighted by atomic mass is 10.2. The molecule has 0 aliphatic rings. The highest BCUT2D eigenvalue weighted by atomic mass is 16.4. The molecule has 0 fully saturated rings. The molecule has 1 aromatic carbocycles. The van der Waals surface area contributed by atoms with Crippen molar-refractivity contribution in [2.24, 2.45) is 0 Å². The highest BCUT2D eigenvalue weighted by Gasteiger charge is 2.16. The number of unbranched alkanes of at least 4 members (excludes halogenated alkanes) is 3. The van der Waals surface area contributed by atoms with E-state index in [1.807, 2.05) is 18.2 Å². The summed E-state index contributed by atoms with van der Waals surface area (Å²) in [6.07, 6.45) is 4.03. The van der Waals surface area contributed by atoms with Crippen molar-refractivity contribution in [1.82, 2.24) is 4.90 Å². The van der Waals surface area contributed by atoms with Crippen molar-refractivity contribution in [2.75, 3.05) is 18.4 Å². The minimum Gasteiger partial charge on any atom is -0.480 e. The summed E-state index contributed by atoms with van der Waals surface area (Å²) in [5, 5.41) is 11.6. The van der Waals surface area contributed by atoms with Gasteiger partial charge < -0.3 is 15.3 Å². The number of carboxylic acids is 1. The van der Waals surface area contributed by atoms with E-state index < -0.39 is 5.97 Å². The van der Waals surface area contributed by atoms with Gasteiger partial charge in [0.2, 0.25) is 0 Å². The monoisotopic (exact) mass is 278 g/mol. The molecule has 0 saturated carbocycles. The van der Waals surface area contributed by atoms with Gasteiger partial charge in [-0.25, -0.2) is 4.79 Å². The van der Waals surface area contributed by atoms with Gasteiger partial charge in [0.25, 0.3) is 0 Å². The summed E-state index contributed by atoms with van der Waals surface area (Å²) in [6.45, 7) is 2.30.